The van der Waals surface area contributed by atoms with Gasteiger partial charge in [0.25, 0.3) is 5.91 Å². The Hall–Kier alpha value is -4.80. The van der Waals surface area contributed by atoms with Crippen molar-refractivity contribution in [2.75, 3.05) is 76.8 Å². The third kappa shape index (κ3) is 5.27. The van der Waals surface area contributed by atoms with Crippen LogP contribution in [-0.4, -0.2) is 97.0 Å². The summed E-state index contributed by atoms with van der Waals surface area (Å²) in [5.74, 6) is -0.153. The maximum Gasteiger partial charge on any atom is 0.270 e. The van der Waals surface area contributed by atoms with Crippen molar-refractivity contribution in [3.8, 4) is 34.2 Å². The zero-order valence-corrected chi connectivity index (χ0v) is 25.0. The lowest BCUT2D eigenvalue weighted by Crippen LogP contribution is -2.46. The molecule has 0 saturated carbocycles. The molecule has 0 bridgehead atoms. The van der Waals surface area contributed by atoms with Gasteiger partial charge in [0.2, 0.25) is 17.1 Å². The number of benzene rings is 3. The lowest BCUT2D eigenvalue weighted by Gasteiger charge is -2.34. The van der Waals surface area contributed by atoms with Crippen LogP contribution in [0.1, 0.15) is 10.4 Å². The van der Waals surface area contributed by atoms with E-state index in [9.17, 15) is 15.0 Å². The number of anilines is 1. The van der Waals surface area contributed by atoms with Crippen molar-refractivity contribution < 1.29 is 19.4 Å². The SMILES string of the molecule is CN1CCN(c2ccc3c(-c4ccc(C(=O)Nn5c(O)ccc5O)cc4)c4ccc(=[N+]5CCN(C)CC5)cc-4oc3c2)CC1. The van der Waals surface area contributed by atoms with Crippen LogP contribution in [0.2, 0.25) is 0 Å². The number of nitrogens with zero attached hydrogens (tertiary/aromatic N) is 5. The fourth-order valence-corrected chi connectivity index (χ4v) is 6.19. The molecule has 4 heterocycles. The predicted octanol–water partition coefficient (Wildman–Crippen LogP) is 3.27. The number of piperazine rings is 2. The molecule has 226 valence electrons. The van der Waals surface area contributed by atoms with Gasteiger partial charge < -0.3 is 24.4 Å². The summed E-state index contributed by atoms with van der Waals surface area (Å²) in [5.41, 5.74) is 7.89. The van der Waals surface area contributed by atoms with Gasteiger partial charge >= 0.3 is 0 Å². The van der Waals surface area contributed by atoms with E-state index in [1.807, 2.05) is 12.1 Å². The molecule has 3 N–H and O–H groups in total. The van der Waals surface area contributed by atoms with Gasteiger partial charge in [-0.15, -0.1) is 0 Å². The molecule has 10 heteroatoms. The molecule has 44 heavy (non-hydrogen) atoms. The first kappa shape index (κ1) is 28.0. The van der Waals surface area contributed by atoms with E-state index in [2.05, 4.69) is 75.2 Å². The number of rotatable bonds is 4. The van der Waals surface area contributed by atoms with Crippen LogP contribution in [0.5, 0.6) is 11.8 Å². The van der Waals surface area contributed by atoms with E-state index in [-0.39, 0.29) is 11.8 Å². The number of aromatic hydroxyl groups is 2. The third-order valence-corrected chi connectivity index (χ3v) is 8.91. The highest BCUT2D eigenvalue weighted by Gasteiger charge is 2.22. The zero-order valence-electron chi connectivity index (χ0n) is 25.0. The molecule has 2 fully saturated rings. The summed E-state index contributed by atoms with van der Waals surface area (Å²) in [6.07, 6.45) is 0. The van der Waals surface area contributed by atoms with Gasteiger partial charge in [0.15, 0.2) is 13.1 Å². The number of hydrogen-bond donors (Lipinski definition) is 3. The largest absolute Gasteiger partial charge is 0.493 e. The Balaban J connectivity index is 1.32. The quantitative estimate of drug-likeness (QED) is 0.217. The minimum absolute atomic E-state index is 0.259. The van der Waals surface area contributed by atoms with Crippen molar-refractivity contribution in [2.24, 2.45) is 0 Å². The summed E-state index contributed by atoms with van der Waals surface area (Å²) in [5, 5.41) is 22.0. The van der Waals surface area contributed by atoms with Crippen LogP contribution in [0.25, 0.3) is 33.4 Å². The molecule has 0 spiro atoms. The van der Waals surface area contributed by atoms with Gasteiger partial charge in [-0.2, -0.15) is 4.68 Å². The lowest BCUT2D eigenvalue weighted by atomic mass is 9.93. The second kappa shape index (κ2) is 11.4. The van der Waals surface area contributed by atoms with E-state index in [0.717, 1.165) is 101 Å². The number of likely N-dealkylation sites (N-methyl/N-ethyl adjacent to an activating group) is 2. The Morgan fingerprint density at radius 2 is 1.48 bits per heavy atom. The van der Waals surface area contributed by atoms with Crippen molar-refractivity contribution in [3.05, 3.63) is 83.7 Å². The summed E-state index contributed by atoms with van der Waals surface area (Å²) in [6.45, 7) is 7.98. The Morgan fingerprint density at radius 1 is 0.795 bits per heavy atom. The average Bonchev–Trinajstić information content (AvgIpc) is 3.36. The summed E-state index contributed by atoms with van der Waals surface area (Å²) < 4.78 is 10.0. The fourth-order valence-electron chi connectivity index (χ4n) is 6.19. The second-order valence-corrected chi connectivity index (χ2v) is 11.8. The Bertz CT molecular complexity index is 1860. The summed E-state index contributed by atoms with van der Waals surface area (Å²) in [6, 6.07) is 22.9. The van der Waals surface area contributed by atoms with Gasteiger partial charge in [-0.05, 0) is 50.0 Å². The highest BCUT2D eigenvalue weighted by atomic mass is 16.3. The molecule has 0 atom stereocenters. The summed E-state index contributed by atoms with van der Waals surface area (Å²) in [7, 11) is 4.32. The molecule has 2 saturated heterocycles. The Kier molecular flexibility index (Phi) is 7.23. The van der Waals surface area contributed by atoms with Crippen LogP contribution in [0, 0.1) is 0 Å². The first-order chi connectivity index (χ1) is 21.3. The molecule has 2 aromatic carbocycles. The molecule has 0 radical (unpaired) electrons. The summed E-state index contributed by atoms with van der Waals surface area (Å²) in [4.78, 5) is 20.0. The highest BCUT2D eigenvalue weighted by Crippen LogP contribution is 2.41. The highest BCUT2D eigenvalue weighted by molar-refractivity contribution is 6.04. The number of amides is 1. The van der Waals surface area contributed by atoms with Crippen molar-refractivity contribution in [1.82, 2.24) is 19.1 Å². The van der Waals surface area contributed by atoms with Gasteiger partial charge in [0, 0.05) is 78.2 Å². The van der Waals surface area contributed by atoms with Crippen molar-refractivity contribution in [3.63, 3.8) is 0 Å². The number of aromatic nitrogens is 1. The van der Waals surface area contributed by atoms with Gasteiger partial charge in [0.1, 0.15) is 11.3 Å². The fraction of sp³-hybridized carbons (Fsp3) is 0.294. The van der Waals surface area contributed by atoms with E-state index in [0.29, 0.717) is 5.56 Å². The van der Waals surface area contributed by atoms with E-state index in [1.165, 1.54) is 12.1 Å². The molecule has 1 amide bonds. The van der Waals surface area contributed by atoms with Crippen LogP contribution in [0.15, 0.2) is 77.2 Å². The van der Waals surface area contributed by atoms with E-state index >= 15 is 0 Å². The van der Waals surface area contributed by atoms with Gasteiger partial charge in [-0.1, -0.05) is 12.1 Å². The van der Waals surface area contributed by atoms with Crippen molar-refractivity contribution >= 4 is 22.6 Å². The number of carbonyl (C=O) groups is 1. The molecule has 1 aromatic heterocycles. The molecule has 3 aromatic rings. The minimum atomic E-state index is -0.454. The zero-order chi connectivity index (χ0) is 30.4. The first-order valence-electron chi connectivity index (χ1n) is 15.1. The first-order valence-corrected chi connectivity index (χ1v) is 15.1. The third-order valence-electron chi connectivity index (χ3n) is 8.91. The van der Waals surface area contributed by atoms with E-state index in [4.69, 9.17) is 4.42 Å². The Morgan fingerprint density at radius 3 is 2.18 bits per heavy atom. The number of carbonyl (C=O) groups excluding carboxylic acids is 1. The van der Waals surface area contributed by atoms with Crippen molar-refractivity contribution in [2.45, 2.75) is 0 Å². The molecule has 3 aliphatic heterocycles. The number of fused-ring (bicyclic) bond motifs is 2. The lowest BCUT2D eigenvalue weighted by molar-refractivity contribution is 0.100. The molecule has 1 aliphatic carbocycles. The average molecular weight is 594 g/mol. The van der Waals surface area contributed by atoms with Crippen LogP contribution in [0.3, 0.4) is 0 Å². The normalized spacial score (nSPS) is 16.6. The predicted molar refractivity (Wildman–Crippen MR) is 172 cm³/mol. The van der Waals surface area contributed by atoms with Crippen molar-refractivity contribution in [1.29, 1.82) is 0 Å². The molecular weight excluding hydrogens is 556 g/mol. The van der Waals surface area contributed by atoms with Crippen LogP contribution in [-0.2, 0) is 0 Å². The van der Waals surface area contributed by atoms with Crippen LogP contribution < -0.4 is 20.3 Å². The van der Waals surface area contributed by atoms with Crippen LogP contribution >= 0.6 is 0 Å². The van der Waals surface area contributed by atoms with E-state index in [1.54, 1.807) is 12.1 Å². The molecule has 10 nitrogen and oxygen atoms in total. The van der Waals surface area contributed by atoms with E-state index < -0.39 is 5.91 Å². The van der Waals surface area contributed by atoms with Crippen LogP contribution in [0.4, 0.5) is 5.69 Å². The van der Waals surface area contributed by atoms with Gasteiger partial charge in [0.05, 0.1) is 19.2 Å². The maximum atomic E-state index is 12.9. The number of hydrogen-bond acceptors (Lipinski definition) is 7. The molecular formula is C34H37N6O4+. The standard InChI is InChI=1S/C34H36N6O4/c1-36-13-17-38(18-14-36)25-7-9-27-29(21-25)44-30-22-26(39-19-15-37(2)16-20-39)8-10-28(30)33(27)23-3-5-24(6-4-23)34(43)35-40-31(41)11-12-32(40)42/h3-12,21-22,35,43H,13-20H2,1-2H3/p+1. The Labute approximate surface area is 255 Å². The minimum Gasteiger partial charge on any atom is -0.493 e. The maximum absolute atomic E-state index is 12.9. The second-order valence-electron chi connectivity index (χ2n) is 11.8. The van der Waals surface area contributed by atoms with Gasteiger partial charge in [-0.25, -0.2) is 4.58 Å². The monoisotopic (exact) mass is 593 g/mol. The van der Waals surface area contributed by atoms with Gasteiger partial charge in [-0.3, -0.25) is 15.1 Å². The molecule has 4 aliphatic rings. The number of nitrogens with one attached hydrogen (secondary N) is 1. The smallest absolute Gasteiger partial charge is 0.270 e. The molecule has 0 unspecified atom stereocenters. The topological polar surface area (TPSA) is 100 Å². The molecule has 7 rings (SSSR count). The summed E-state index contributed by atoms with van der Waals surface area (Å²) >= 11 is 0.